The Bertz CT molecular complexity index is 1660. The molecule has 212 valence electrons. The van der Waals surface area contributed by atoms with Crippen LogP contribution >= 0.6 is 11.3 Å². The van der Waals surface area contributed by atoms with Crippen molar-refractivity contribution in [2.75, 3.05) is 18.4 Å². The lowest BCUT2D eigenvalue weighted by Crippen LogP contribution is -2.42. The Balaban J connectivity index is 1.21. The molecule has 1 aromatic heterocycles. The van der Waals surface area contributed by atoms with Crippen LogP contribution in [-0.2, 0) is 22.9 Å². The fourth-order valence-electron chi connectivity index (χ4n) is 5.04. The first-order chi connectivity index (χ1) is 19.7. The van der Waals surface area contributed by atoms with Crippen molar-refractivity contribution in [3.63, 3.8) is 0 Å². The van der Waals surface area contributed by atoms with Gasteiger partial charge in [-0.15, -0.1) is 11.3 Å². The smallest absolute Gasteiger partial charge is 0.272 e. The van der Waals surface area contributed by atoms with Crippen LogP contribution in [0.4, 0.5) is 11.4 Å². The number of amides is 1. The highest BCUT2D eigenvalue weighted by molar-refractivity contribution is 7.91. The van der Waals surface area contributed by atoms with E-state index in [0.29, 0.717) is 36.4 Å². The second kappa shape index (κ2) is 12.2. The average molecular weight is 591 g/mol. The van der Waals surface area contributed by atoms with Crippen LogP contribution in [0.15, 0.2) is 89.1 Å². The van der Waals surface area contributed by atoms with Gasteiger partial charge in [0.25, 0.3) is 15.7 Å². The molecule has 3 aromatic carbocycles. The van der Waals surface area contributed by atoms with Crippen LogP contribution in [0, 0.1) is 10.1 Å². The van der Waals surface area contributed by atoms with Gasteiger partial charge in [-0.1, -0.05) is 42.5 Å². The first kappa shape index (κ1) is 28.5. The third kappa shape index (κ3) is 6.82. The first-order valence-electron chi connectivity index (χ1n) is 13.2. The molecule has 0 radical (unpaired) electrons. The number of primary amides is 1. The number of nitrogens with two attached hydrogens (primary N) is 1. The number of rotatable bonds is 10. The molecule has 0 unspecified atom stereocenters. The lowest BCUT2D eigenvalue weighted by atomic mass is 10.0. The zero-order chi connectivity index (χ0) is 29.0. The minimum Gasteiger partial charge on any atom is -0.382 e. The van der Waals surface area contributed by atoms with E-state index in [-0.39, 0.29) is 27.9 Å². The highest BCUT2D eigenvalue weighted by atomic mass is 32.2. The molecule has 5 rings (SSSR count). The van der Waals surface area contributed by atoms with Crippen LogP contribution in [0.2, 0.25) is 0 Å². The summed E-state index contributed by atoms with van der Waals surface area (Å²) in [6.45, 7) is 0.784. The number of anilines is 1. The third-order valence-corrected chi connectivity index (χ3v) is 10.6. The maximum Gasteiger partial charge on any atom is 0.272 e. The van der Waals surface area contributed by atoms with Crippen molar-refractivity contribution < 1.29 is 18.1 Å². The molecule has 0 atom stereocenters. The van der Waals surface area contributed by atoms with Crippen LogP contribution in [0.3, 0.4) is 0 Å². The number of thiophene rings is 1. The zero-order valence-corrected chi connectivity index (χ0v) is 23.9. The highest BCUT2D eigenvalue weighted by Gasteiger charge is 2.31. The van der Waals surface area contributed by atoms with Gasteiger partial charge in [-0.3, -0.25) is 14.9 Å². The molecule has 2 heterocycles. The molecule has 1 amide bonds. The first-order valence-corrected chi connectivity index (χ1v) is 15.5. The van der Waals surface area contributed by atoms with E-state index in [0.717, 1.165) is 23.4 Å². The Morgan fingerprint density at radius 3 is 2.39 bits per heavy atom. The molecular weight excluding hydrogens is 560 g/mol. The largest absolute Gasteiger partial charge is 0.382 e. The van der Waals surface area contributed by atoms with E-state index in [2.05, 4.69) is 29.6 Å². The molecule has 1 fully saturated rings. The summed E-state index contributed by atoms with van der Waals surface area (Å²) in [5.74, 6) is -0.687. The summed E-state index contributed by atoms with van der Waals surface area (Å²) in [4.78, 5) is 23.2. The SMILES string of the molecule is NC(=O)c1ccc([N+](=O)[O-])c(Cc2ccc(S(=O)(=O)N3CCC(Nc4cccc(Cc5ccccc5)c4)CC3)s2)c1. The Morgan fingerprint density at radius 1 is 0.951 bits per heavy atom. The minimum absolute atomic E-state index is 0.118. The number of carbonyl (C=O) groups is 1. The monoisotopic (exact) mass is 590 g/mol. The Kier molecular flexibility index (Phi) is 8.48. The fourth-order valence-corrected chi connectivity index (χ4v) is 8.05. The number of sulfonamides is 1. The van der Waals surface area contributed by atoms with Gasteiger partial charge in [0.1, 0.15) is 4.21 Å². The molecule has 1 saturated heterocycles. The average Bonchev–Trinajstić information content (AvgIpc) is 3.43. The second-order valence-corrected chi connectivity index (χ2v) is 13.4. The number of nitrogens with one attached hydrogen (secondary N) is 1. The molecule has 1 aliphatic heterocycles. The Labute approximate surface area is 242 Å². The predicted octanol–water partition coefficient (Wildman–Crippen LogP) is 5.20. The van der Waals surface area contributed by atoms with Crippen molar-refractivity contribution in [2.24, 2.45) is 5.73 Å². The number of hydrogen-bond acceptors (Lipinski definition) is 7. The van der Waals surface area contributed by atoms with Gasteiger partial charge < -0.3 is 11.1 Å². The molecule has 4 aromatic rings. The minimum atomic E-state index is -3.70. The second-order valence-electron chi connectivity index (χ2n) is 10.0. The van der Waals surface area contributed by atoms with Crippen LogP contribution in [0.25, 0.3) is 0 Å². The van der Waals surface area contributed by atoms with Crippen molar-refractivity contribution in [3.05, 3.63) is 122 Å². The molecule has 41 heavy (non-hydrogen) atoms. The van der Waals surface area contributed by atoms with Gasteiger partial charge in [0.05, 0.1) is 4.92 Å². The van der Waals surface area contributed by atoms with Gasteiger partial charge in [0, 0.05) is 53.3 Å². The maximum absolute atomic E-state index is 13.4. The summed E-state index contributed by atoms with van der Waals surface area (Å²) in [6, 6.07) is 25.9. The van der Waals surface area contributed by atoms with Crippen molar-refractivity contribution in [1.29, 1.82) is 0 Å². The topological polar surface area (TPSA) is 136 Å². The zero-order valence-electron chi connectivity index (χ0n) is 22.2. The summed E-state index contributed by atoms with van der Waals surface area (Å²) in [5, 5.41) is 15.1. The summed E-state index contributed by atoms with van der Waals surface area (Å²) < 4.78 is 28.5. The van der Waals surface area contributed by atoms with E-state index in [9.17, 15) is 23.3 Å². The van der Waals surface area contributed by atoms with Gasteiger partial charge in [-0.2, -0.15) is 4.31 Å². The lowest BCUT2D eigenvalue weighted by Gasteiger charge is -2.31. The van der Waals surface area contributed by atoms with Crippen LogP contribution in [0.1, 0.15) is 44.8 Å². The number of nitro groups is 1. The van der Waals surface area contributed by atoms with E-state index in [1.165, 1.54) is 33.6 Å². The molecular formula is C30H30N4O5S2. The van der Waals surface area contributed by atoms with Crippen molar-refractivity contribution in [1.82, 2.24) is 4.31 Å². The summed E-state index contributed by atoms with van der Waals surface area (Å²) in [5.41, 5.74) is 9.14. The van der Waals surface area contributed by atoms with Crippen LogP contribution in [0.5, 0.6) is 0 Å². The van der Waals surface area contributed by atoms with E-state index >= 15 is 0 Å². The standard InChI is InChI=1S/C30H30N4O5S2/c31-30(35)23-9-11-28(34(36)37)24(19-23)20-27-10-12-29(40-27)41(38,39)33-15-13-25(14-16-33)32-26-8-4-7-22(18-26)17-21-5-2-1-3-6-21/h1-12,18-19,25,32H,13-17,20H2,(H2,31,35). The Hall–Kier alpha value is -4.06. The molecule has 0 saturated carbocycles. The molecule has 9 nitrogen and oxygen atoms in total. The quantitative estimate of drug-likeness (QED) is 0.192. The third-order valence-electron chi connectivity index (χ3n) is 7.16. The summed E-state index contributed by atoms with van der Waals surface area (Å²) in [7, 11) is -3.70. The molecule has 0 bridgehead atoms. The van der Waals surface area contributed by atoms with E-state index in [1.54, 1.807) is 12.1 Å². The molecule has 3 N–H and O–H groups in total. The summed E-state index contributed by atoms with van der Waals surface area (Å²) in [6.07, 6.45) is 2.31. The number of hydrogen-bond donors (Lipinski definition) is 2. The molecule has 11 heteroatoms. The molecule has 1 aliphatic rings. The normalized spacial score (nSPS) is 14.5. The predicted molar refractivity (Wildman–Crippen MR) is 160 cm³/mol. The number of nitrogens with zero attached hydrogens (tertiary/aromatic N) is 2. The Morgan fingerprint density at radius 2 is 1.68 bits per heavy atom. The van der Waals surface area contributed by atoms with Crippen molar-refractivity contribution in [2.45, 2.75) is 35.9 Å². The van der Waals surface area contributed by atoms with Crippen molar-refractivity contribution in [3.8, 4) is 0 Å². The van der Waals surface area contributed by atoms with E-state index in [4.69, 9.17) is 5.73 Å². The van der Waals surface area contributed by atoms with Gasteiger partial charge in [0.15, 0.2) is 0 Å². The number of benzene rings is 3. The van der Waals surface area contributed by atoms with Crippen LogP contribution < -0.4 is 11.1 Å². The maximum atomic E-state index is 13.4. The highest BCUT2D eigenvalue weighted by Crippen LogP contribution is 2.31. The number of nitro benzene ring substituents is 1. The lowest BCUT2D eigenvalue weighted by molar-refractivity contribution is -0.385. The van der Waals surface area contributed by atoms with E-state index < -0.39 is 20.9 Å². The fraction of sp³-hybridized carbons (Fsp3) is 0.233. The van der Waals surface area contributed by atoms with Crippen molar-refractivity contribution >= 4 is 38.6 Å². The van der Waals surface area contributed by atoms with E-state index in [1.807, 2.05) is 30.3 Å². The number of carbonyl (C=O) groups excluding carboxylic acids is 1. The van der Waals surface area contributed by atoms with Gasteiger partial charge in [0.2, 0.25) is 5.91 Å². The van der Waals surface area contributed by atoms with Crippen LogP contribution in [-0.4, -0.2) is 42.7 Å². The van der Waals surface area contributed by atoms with Gasteiger partial charge >= 0.3 is 0 Å². The molecule has 0 aliphatic carbocycles. The van der Waals surface area contributed by atoms with Gasteiger partial charge in [-0.25, -0.2) is 8.42 Å². The molecule has 0 spiro atoms. The van der Waals surface area contributed by atoms with Gasteiger partial charge in [-0.05, 0) is 66.8 Å². The summed E-state index contributed by atoms with van der Waals surface area (Å²) >= 11 is 1.08. The number of piperidine rings is 1.